The van der Waals surface area contributed by atoms with Crippen LogP contribution in [0.15, 0.2) is 42.5 Å². The molecule has 2 aromatic carbocycles. The molecule has 1 heterocycles. The summed E-state index contributed by atoms with van der Waals surface area (Å²) in [5.74, 6) is -0.0230. The van der Waals surface area contributed by atoms with E-state index in [1.807, 2.05) is 26.0 Å². The van der Waals surface area contributed by atoms with E-state index in [9.17, 15) is 9.59 Å². The Morgan fingerprint density at radius 1 is 0.964 bits per heavy atom. The number of halogens is 1. The molecule has 1 aliphatic rings. The van der Waals surface area contributed by atoms with E-state index in [0.29, 0.717) is 11.6 Å². The molecule has 0 spiro atoms. The summed E-state index contributed by atoms with van der Waals surface area (Å²) in [6, 6.07) is 13.1. The Balaban J connectivity index is 1.45. The predicted molar refractivity (Wildman–Crippen MR) is 114 cm³/mol. The van der Waals surface area contributed by atoms with Crippen molar-refractivity contribution < 1.29 is 9.59 Å². The Kier molecular flexibility index (Phi) is 6.70. The monoisotopic (exact) mass is 399 g/mol. The smallest absolute Gasteiger partial charge is 0.238 e. The van der Waals surface area contributed by atoms with Gasteiger partial charge in [0.1, 0.15) is 0 Å². The Labute approximate surface area is 171 Å². The van der Waals surface area contributed by atoms with Crippen molar-refractivity contribution in [3.8, 4) is 0 Å². The summed E-state index contributed by atoms with van der Waals surface area (Å²) in [5.41, 5.74) is 3.84. The summed E-state index contributed by atoms with van der Waals surface area (Å²) in [5, 5.41) is 6.56. The van der Waals surface area contributed by atoms with Crippen LogP contribution < -0.4 is 10.6 Å². The second kappa shape index (κ2) is 9.22. The highest BCUT2D eigenvalue weighted by Crippen LogP contribution is 2.21. The zero-order valence-corrected chi connectivity index (χ0v) is 17.1. The SMILES string of the molecule is Cc1cc(C)cc(NC(=O)CN2CCC(C(=O)Nc3ccc(Cl)cc3)CC2)c1. The molecule has 2 aromatic rings. The lowest BCUT2D eigenvalue weighted by Gasteiger charge is -2.30. The Morgan fingerprint density at radius 2 is 1.57 bits per heavy atom. The lowest BCUT2D eigenvalue weighted by Crippen LogP contribution is -2.41. The van der Waals surface area contributed by atoms with Crippen molar-refractivity contribution in [3.63, 3.8) is 0 Å². The molecule has 148 valence electrons. The van der Waals surface area contributed by atoms with Crippen molar-refractivity contribution in [2.24, 2.45) is 5.92 Å². The van der Waals surface area contributed by atoms with Gasteiger partial charge in [-0.3, -0.25) is 14.5 Å². The van der Waals surface area contributed by atoms with Crippen molar-refractivity contribution >= 4 is 34.8 Å². The van der Waals surface area contributed by atoms with E-state index in [1.54, 1.807) is 24.3 Å². The van der Waals surface area contributed by atoms with Gasteiger partial charge in [-0.25, -0.2) is 0 Å². The molecule has 0 radical (unpaired) electrons. The largest absolute Gasteiger partial charge is 0.326 e. The van der Waals surface area contributed by atoms with Gasteiger partial charge in [0.05, 0.1) is 6.54 Å². The lowest BCUT2D eigenvalue weighted by atomic mass is 9.96. The fourth-order valence-electron chi connectivity index (χ4n) is 3.58. The maximum atomic E-state index is 12.4. The van der Waals surface area contributed by atoms with Gasteiger partial charge in [-0.05, 0) is 87.3 Å². The molecule has 28 heavy (non-hydrogen) atoms. The van der Waals surface area contributed by atoms with E-state index in [4.69, 9.17) is 11.6 Å². The van der Waals surface area contributed by atoms with Crippen LogP contribution in [0.3, 0.4) is 0 Å². The number of rotatable bonds is 5. The highest BCUT2D eigenvalue weighted by molar-refractivity contribution is 6.30. The molecule has 0 saturated carbocycles. The van der Waals surface area contributed by atoms with Crippen molar-refractivity contribution in [3.05, 3.63) is 58.6 Å². The maximum absolute atomic E-state index is 12.4. The van der Waals surface area contributed by atoms with Crippen molar-refractivity contribution in [1.29, 1.82) is 0 Å². The third-order valence-corrected chi connectivity index (χ3v) is 5.19. The Bertz CT molecular complexity index is 823. The van der Waals surface area contributed by atoms with E-state index in [1.165, 1.54) is 0 Å². The lowest BCUT2D eigenvalue weighted by molar-refractivity contribution is -0.121. The first-order valence-corrected chi connectivity index (χ1v) is 9.94. The number of aryl methyl sites for hydroxylation is 2. The molecular weight excluding hydrogens is 374 g/mol. The minimum Gasteiger partial charge on any atom is -0.326 e. The molecule has 0 aromatic heterocycles. The van der Waals surface area contributed by atoms with Crippen LogP contribution in [-0.2, 0) is 9.59 Å². The average molecular weight is 400 g/mol. The molecule has 1 fully saturated rings. The minimum atomic E-state index is -0.0330. The Hall–Kier alpha value is -2.37. The predicted octanol–water partition coefficient (Wildman–Crippen LogP) is 4.25. The standard InChI is InChI=1S/C22H26ClN3O2/c1-15-11-16(2)13-20(12-15)24-21(27)14-26-9-7-17(8-10-26)22(28)25-19-5-3-18(23)4-6-19/h3-6,11-13,17H,7-10,14H2,1-2H3,(H,24,27)(H,25,28). The van der Waals surface area contributed by atoms with Crippen LogP contribution in [0.2, 0.25) is 5.02 Å². The maximum Gasteiger partial charge on any atom is 0.238 e. The number of carbonyl (C=O) groups is 2. The van der Waals surface area contributed by atoms with Gasteiger partial charge in [-0.1, -0.05) is 17.7 Å². The number of benzene rings is 2. The van der Waals surface area contributed by atoms with E-state index in [0.717, 1.165) is 48.4 Å². The number of amides is 2. The van der Waals surface area contributed by atoms with Crippen LogP contribution in [0, 0.1) is 19.8 Å². The number of anilines is 2. The fraction of sp³-hybridized carbons (Fsp3) is 0.364. The van der Waals surface area contributed by atoms with Gasteiger partial charge in [0.15, 0.2) is 0 Å². The number of carbonyl (C=O) groups excluding carboxylic acids is 2. The fourth-order valence-corrected chi connectivity index (χ4v) is 3.71. The molecule has 2 N–H and O–H groups in total. The minimum absolute atomic E-state index is 0.0194. The Morgan fingerprint density at radius 3 is 2.18 bits per heavy atom. The molecule has 0 bridgehead atoms. The van der Waals surface area contributed by atoms with Crippen LogP contribution in [-0.4, -0.2) is 36.3 Å². The normalized spacial score (nSPS) is 15.2. The summed E-state index contributed by atoms with van der Waals surface area (Å²) >= 11 is 5.87. The molecule has 3 rings (SSSR count). The number of hydrogen-bond acceptors (Lipinski definition) is 3. The average Bonchev–Trinajstić information content (AvgIpc) is 2.63. The first-order chi connectivity index (χ1) is 13.4. The van der Waals surface area contributed by atoms with Gasteiger partial charge in [-0.15, -0.1) is 0 Å². The van der Waals surface area contributed by atoms with Gasteiger partial charge < -0.3 is 10.6 Å². The van der Waals surface area contributed by atoms with Gasteiger partial charge in [0.2, 0.25) is 11.8 Å². The second-order valence-electron chi connectivity index (χ2n) is 7.47. The highest BCUT2D eigenvalue weighted by atomic mass is 35.5. The molecule has 1 saturated heterocycles. The van der Waals surface area contributed by atoms with Crippen molar-refractivity contribution in [1.82, 2.24) is 4.90 Å². The molecule has 2 amide bonds. The van der Waals surface area contributed by atoms with Crippen LogP contribution in [0.1, 0.15) is 24.0 Å². The van der Waals surface area contributed by atoms with Crippen LogP contribution in [0.5, 0.6) is 0 Å². The van der Waals surface area contributed by atoms with Crippen molar-refractivity contribution in [2.75, 3.05) is 30.3 Å². The summed E-state index contributed by atoms with van der Waals surface area (Å²) in [6.45, 7) is 5.85. The summed E-state index contributed by atoms with van der Waals surface area (Å²) in [6.07, 6.45) is 1.49. The van der Waals surface area contributed by atoms with Gasteiger partial charge in [-0.2, -0.15) is 0 Å². The number of likely N-dealkylation sites (tertiary alicyclic amines) is 1. The second-order valence-corrected chi connectivity index (χ2v) is 7.91. The first kappa shape index (κ1) is 20.4. The number of nitrogens with one attached hydrogen (secondary N) is 2. The summed E-state index contributed by atoms with van der Waals surface area (Å²) in [4.78, 5) is 26.9. The van der Waals surface area contributed by atoms with E-state index < -0.39 is 0 Å². The summed E-state index contributed by atoms with van der Waals surface area (Å²) < 4.78 is 0. The summed E-state index contributed by atoms with van der Waals surface area (Å²) in [7, 11) is 0. The number of hydrogen-bond donors (Lipinski definition) is 2. The zero-order chi connectivity index (χ0) is 20.1. The quantitative estimate of drug-likeness (QED) is 0.790. The van der Waals surface area contributed by atoms with Gasteiger partial charge in [0.25, 0.3) is 0 Å². The third-order valence-electron chi connectivity index (χ3n) is 4.94. The van der Waals surface area contributed by atoms with E-state index >= 15 is 0 Å². The molecular formula is C22H26ClN3O2. The topological polar surface area (TPSA) is 61.4 Å². The molecule has 1 aliphatic heterocycles. The van der Waals surface area contributed by atoms with Gasteiger partial charge in [0, 0.05) is 22.3 Å². The zero-order valence-electron chi connectivity index (χ0n) is 16.3. The first-order valence-electron chi connectivity index (χ1n) is 9.56. The van der Waals surface area contributed by atoms with E-state index in [-0.39, 0.29) is 17.7 Å². The van der Waals surface area contributed by atoms with Crippen LogP contribution in [0.4, 0.5) is 11.4 Å². The highest BCUT2D eigenvalue weighted by Gasteiger charge is 2.26. The molecule has 6 heteroatoms. The molecule has 0 aliphatic carbocycles. The molecule has 0 unspecified atom stereocenters. The molecule has 5 nitrogen and oxygen atoms in total. The molecule has 0 atom stereocenters. The van der Waals surface area contributed by atoms with Crippen LogP contribution >= 0.6 is 11.6 Å². The number of piperidine rings is 1. The number of nitrogens with zero attached hydrogens (tertiary/aromatic N) is 1. The van der Waals surface area contributed by atoms with Gasteiger partial charge >= 0.3 is 0 Å². The van der Waals surface area contributed by atoms with Crippen LogP contribution in [0.25, 0.3) is 0 Å². The third kappa shape index (κ3) is 5.81. The van der Waals surface area contributed by atoms with E-state index in [2.05, 4.69) is 21.6 Å². The van der Waals surface area contributed by atoms with Crippen molar-refractivity contribution in [2.45, 2.75) is 26.7 Å².